The summed E-state index contributed by atoms with van der Waals surface area (Å²) in [5, 5.41) is 5.13. The van der Waals surface area contributed by atoms with Gasteiger partial charge in [-0.15, -0.1) is 0 Å². The van der Waals surface area contributed by atoms with Gasteiger partial charge in [0.2, 0.25) is 0 Å². The van der Waals surface area contributed by atoms with E-state index in [1.54, 1.807) is 6.07 Å². The van der Waals surface area contributed by atoms with Crippen LogP contribution in [0, 0.1) is 12.7 Å². The van der Waals surface area contributed by atoms with Crippen LogP contribution in [0.15, 0.2) is 75.2 Å². The molecule has 130 valence electrons. The Balaban J connectivity index is 1.79. The maximum absolute atomic E-state index is 13.1. The first-order valence-corrected chi connectivity index (χ1v) is 9.01. The molecule has 7 heteroatoms. The number of rotatable bonds is 4. The van der Waals surface area contributed by atoms with Gasteiger partial charge in [0, 0.05) is 22.6 Å². The molecule has 0 saturated heterocycles. The lowest BCUT2D eigenvalue weighted by molar-refractivity contribution is 0.575. The zero-order valence-corrected chi connectivity index (χ0v) is 14.6. The number of pyridine rings is 1. The van der Waals surface area contributed by atoms with E-state index in [-0.39, 0.29) is 5.82 Å². The van der Waals surface area contributed by atoms with E-state index < -0.39 is 11.2 Å². The maximum atomic E-state index is 13.1. The Morgan fingerprint density at radius 2 is 1.85 bits per heavy atom. The van der Waals surface area contributed by atoms with E-state index in [1.165, 1.54) is 30.5 Å². The van der Waals surface area contributed by atoms with Crippen LogP contribution in [0.4, 0.5) is 16.2 Å². The lowest BCUT2D eigenvalue weighted by atomic mass is 10.1. The molecule has 0 bridgehead atoms. The summed E-state index contributed by atoms with van der Waals surface area (Å²) in [5.41, 5.74) is 0.739. The Hall–Kier alpha value is -2.90. The third-order valence-electron chi connectivity index (χ3n) is 3.78. The van der Waals surface area contributed by atoms with E-state index in [1.807, 2.05) is 31.2 Å². The molecule has 2 aromatic heterocycles. The lowest BCUT2D eigenvalue weighted by Gasteiger charge is -2.12. The Labute approximate surface area is 152 Å². The van der Waals surface area contributed by atoms with Crippen LogP contribution in [-0.2, 0) is 11.2 Å². The van der Waals surface area contributed by atoms with E-state index in [0.717, 1.165) is 16.5 Å². The van der Waals surface area contributed by atoms with E-state index in [4.69, 9.17) is 4.42 Å². The molecule has 2 heterocycles. The summed E-state index contributed by atoms with van der Waals surface area (Å²) in [5.74, 6) is 0.120. The van der Waals surface area contributed by atoms with Crippen molar-refractivity contribution in [1.82, 2.24) is 9.97 Å². The number of nitrogens with zero attached hydrogens (tertiary/aromatic N) is 2. The first-order chi connectivity index (χ1) is 12.6. The summed E-state index contributed by atoms with van der Waals surface area (Å²) in [4.78, 5) is 9.20. The van der Waals surface area contributed by atoms with Crippen LogP contribution in [0.2, 0.25) is 0 Å². The minimum absolute atomic E-state index is 0.310. The first-order valence-electron chi connectivity index (χ1n) is 7.86. The van der Waals surface area contributed by atoms with E-state index in [0.29, 0.717) is 21.8 Å². The average Bonchev–Trinajstić information content (AvgIpc) is 3.06. The van der Waals surface area contributed by atoms with Crippen molar-refractivity contribution < 1.29 is 13.4 Å². The normalized spacial score (nSPS) is 12.3. The fraction of sp³-hybridized carbons (Fsp3) is 0.0526. The molecule has 0 amide bonds. The van der Waals surface area contributed by atoms with Crippen LogP contribution < -0.4 is 5.32 Å². The van der Waals surface area contributed by atoms with Crippen LogP contribution in [0.3, 0.4) is 0 Å². The molecule has 1 N–H and O–H groups in total. The van der Waals surface area contributed by atoms with Crippen LogP contribution in [0.1, 0.15) is 5.69 Å². The standard InChI is InChI=1S/C19H14FN3O2S/c1-12-11-25-19(21-12)23-18-16-5-3-2-4-13(16)10-17(22-18)26(24)15-8-6-14(20)7-9-15/h2-11H,1H3,(H,21,22,23). The summed E-state index contributed by atoms with van der Waals surface area (Å²) in [6.45, 7) is 1.82. The highest BCUT2D eigenvalue weighted by atomic mass is 32.2. The summed E-state index contributed by atoms with van der Waals surface area (Å²) in [6, 6.07) is 15.2. The smallest absolute Gasteiger partial charge is 0.300 e. The quantitative estimate of drug-likeness (QED) is 0.535. The third kappa shape index (κ3) is 3.26. The lowest BCUT2D eigenvalue weighted by Crippen LogP contribution is -2.07. The van der Waals surface area contributed by atoms with E-state index >= 15 is 0 Å². The fourth-order valence-electron chi connectivity index (χ4n) is 2.56. The van der Waals surface area contributed by atoms with Crippen LogP contribution in [0.5, 0.6) is 0 Å². The molecule has 26 heavy (non-hydrogen) atoms. The zero-order valence-electron chi connectivity index (χ0n) is 13.8. The van der Waals surface area contributed by atoms with Gasteiger partial charge in [0.05, 0.1) is 5.69 Å². The predicted octanol–water partition coefficient (Wildman–Crippen LogP) is 4.58. The maximum Gasteiger partial charge on any atom is 0.300 e. The highest BCUT2D eigenvalue weighted by Crippen LogP contribution is 2.29. The number of nitrogens with one attached hydrogen (secondary N) is 1. The molecular formula is C19H14FN3O2S. The molecule has 1 atom stereocenters. The summed E-state index contributed by atoms with van der Waals surface area (Å²) in [7, 11) is 0. The number of aryl methyl sites for hydroxylation is 1. The van der Waals surface area contributed by atoms with Crippen molar-refractivity contribution in [2.45, 2.75) is 16.8 Å². The molecule has 0 aliphatic carbocycles. The second-order valence-electron chi connectivity index (χ2n) is 5.67. The Bertz CT molecular complexity index is 1070. The molecule has 2 aromatic carbocycles. The van der Waals surface area contributed by atoms with Gasteiger partial charge in [-0.25, -0.2) is 4.39 Å². The number of hydrogen-bond acceptors (Lipinski definition) is 5. The van der Waals surface area contributed by atoms with Crippen molar-refractivity contribution in [1.29, 1.82) is 0 Å². The van der Waals surface area contributed by atoms with Crippen molar-refractivity contribution in [3.63, 3.8) is 0 Å². The number of oxazole rings is 1. The highest BCUT2D eigenvalue weighted by molar-refractivity contribution is 7.91. The SMILES string of the molecule is Cc1coc(Nc2nc([S+]([O-])c3ccc(F)cc3)cc3ccccc23)n1. The van der Waals surface area contributed by atoms with Gasteiger partial charge in [0.1, 0.15) is 17.9 Å². The van der Waals surface area contributed by atoms with E-state index in [2.05, 4.69) is 15.3 Å². The molecule has 0 saturated carbocycles. The Morgan fingerprint density at radius 1 is 1.08 bits per heavy atom. The summed E-state index contributed by atoms with van der Waals surface area (Å²) in [6.07, 6.45) is 1.53. The Kier molecular flexibility index (Phi) is 4.32. The number of anilines is 2. The number of aromatic nitrogens is 2. The van der Waals surface area contributed by atoms with Gasteiger partial charge in [-0.2, -0.15) is 9.97 Å². The molecule has 5 nitrogen and oxygen atoms in total. The van der Waals surface area contributed by atoms with E-state index in [9.17, 15) is 8.94 Å². The molecule has 0 aliphatic heterocycles. The molecule has 1 unspecified atom stereocenters. The second-order valence-corrected chi connectivity index (χ2v) is 7.10. The van der Waals surface area contributed by atoms with Crippen molar-refractivity contribution in [2.24, 2.45) is 0 Å². The van der Waals surface area contributed by atoms with Crippen molar-refractivity contribution >= 4 is 33.8 Å². The number of fused-ring (bicyclic) bond motifs is 1. The van der Waals surface area contributed by atoms with Crippen molar-refractivity contribution in [3.05, 3.63) is 72.4 Å². The molecule has 0 spiro atoms. The fourth-order valence-corrected chi connectivity index (χ4v) is 3.59. The number of benzene rings is 2. The summed E-state index contributed by atoms with van der Waals surface area (Å²) >= 11 is -1.54. The molecule has 4 aromatic rings. The Morgan fingerprint density at radius 3 is 2.58 bits per heavy atom. The summed E-state index contributed by atoms with van der Waals surface area (Å²) < 4.78 is 31.3. The van der Waals surface area contributed by atoms with Crippen LogP contribution in [0.25, 0.3) is 10.8 Å². The highest BCUT2D eigenvalue weighted by Gasteiger charge is 2.20. The van der Waals surface area contributed by atoms with Gasteiger partial charge in [0.25, 0.3) is 5.03 Å². The minimum Gasteiger partial charge on any atom is -0.605 e. The van der Waals surface area contributed by atoms with Crippen LogP contribution >= 0.6 is 0 Å². The minimum atomic E-state index is -1.54. The van der Waals surface area contributed by atoms with Gasteiger partial charge in [-0.3, -0.25) is 5.32 Å². The largest absolute Gasteiger partial charge is 0.605 e. The second kappa shape index (κ2) is 6.78. The van der Waals surface area contributed by atoms with Crippen molar-refractivity contribution in [3.8, 4) is 0 Å². The molecule has 0 aliphatic rings. The first kappa shape index (κ1) is 16.6. The molecule has 0 radical (unpaired) electrons. The zero-order chi connectivity index (χ0) is 18.1. The van der Waals surface area contributed by atoms with Gasteiger partial charge in [-0.1, -0.05) is 24.3 Å². The molecule has 0 fully saturated rings. The van der Waals surface area contributed by atoms with Gasteiger partial charge in [-0.05, 0) is 36.6 Å². The monoisotopic (exact) mass is 367 g/mol. The number of hydrogen-bond donors (Lipinski definition) is 1. The number of halogens is 1. The predicted molar refractivity (Wildman–Crippen MR) is 97.3 cm³/mol. The van der Waals surface area contributed by atoms with Gasteiger partial charge in [0.15, 0.2) is 4.90 Å². The topological polar surface area (TPSA) is 74.0 Å². The molecular weight excluding hydrogens is 353 g/mol. The van der Waals surface area contributed by atoms with Gasteiger partial charge >= 0.3 is 6.01 Å². The average molecular weight is 367 g/mol. The van der Waals surface area contributed by atoms with Crippen LogP contribution in [-0.4, -0.2) is 14.5 Å². The third-order valence-corrected chi connectivity index (χ3v) is 5.07. The molecule has 4 rings (SSSR count). The van der Waals surface area contributed by atoms with Crippen molar-refractivity contribution in [2.75, 3.05) is 5.32 Å². The van der Waals surface area contributed by atoms with Gasteiger partial charge < -0.3 is 8.97 Å².